The van der Waals surface area contributed by atoms with Crippen molar-refractivity contribution in [3.05, 3.63) is 24.1 Å². The molecule has 158 valence electrons. The van der Waals surface area contributed by atoms with Gasteiger partial charge in [-0.2, -0.15) is 4.98 Å². The van der Waals surface area contributed by atoms with Crippen molar-refractivity contribution in [2.24, 2.45) is 5.92 Å². The van der Waals surface area contributed by atoms with Crippen LogP contribution >= 0.6 is 0 Å². The van der Waals surface area contributed by atoms with Crippen LogP contribution < -0.4 is 9.47 Å². The van der Waals surface area contributed by atoms with Gasteiger partial charge in [0.2, 0.25) is 17.6 Å². The number of hydrogen-bond donors (Lipinski definition) is 0. The van der Waals surface area contributed by atoms with Gasteiger partial charge >= 0.3 is 0 Å². The van der Waals surface area contributed by atoms with E-state index in [1.807, 2.05) is 13.0 Å². The average Bonchev–Trinajstić information content (AvgIpc) is 3.24. The van der Waals surface area contributed by atoms with Crippen molar-refractivity contribution < 1.29 is 18.8 Å². The van der Waals surface area contributed by atoms with Crippen LogP contribution in [0.25, 0.3) is 11.4 Å². The minimum atomic E-state index is 0.156. The van der Waals surface area contributed by atoms with Crippen LogP contribution in [0.4, 0.5) is 0 Å². The molecule has 1 fully saturated rings. The lowest BCUT2D eigenvalue weighted by atomic mass is 9.86. The predicted octanol–water partition coefficient (Wildman–Crippen LogP) is 4.46. The van der Waals surface area contributed by atoms with E-state index in [1.165, 1.54) is 32.1 Å². The maximum absolute atomic E-state index is 12.7. The monoisotopic (exact) mass is 401 g/mol. The second-order valence-corrected chi connectivity index (χ2v) is 7.53. The fourth-order valence-corrected chi connectivity index (χ4v) is 3.91. The summed E-state index contributed by atoms with van der Waals surface area (Å²) >= 11 is 0. The fourth-order valence-electron chi connectivity index (χ4n) is 3.91. The first-order chi connectivity index (χ1) is 14.1. The average molecular weight is 402 g/mol. The van der Waals surface area contributed by atoms with Gasteiger partial charge in [0.1, 0.15) is 0 Å². The lowest BCUT2D eigenvalue weighted by Gasteiger charge is -2.23. The van der Waals surface area contributed by atoms with E-state index in [4.69, 9.17) is 14.0 Å². The zero-order valence-electron chi connectivity index (χ0n) is 17.6. The van der Waals surface area contributed by atoms with Gasteiger partial charge in [0, 0.05) is 18.5 Å². The molecule has 7 nitrogen and oxygen atoms in total. The Kier molecular flexibility index (Phi) is 7.49. The predicted molar refractivity (Wildman–Crippen MR) is 110 cm³/mol. The van der Waals surface area contributed by atoms with Crippen LogP contribution in [0.1, 0.15) is 57.8 Å². The minimum Gasteiger partial charge on any atom is -0.493 e. The van der Waals surface area contributed by atoms with Crippen LogP contribution in [0.5, 0.6) is 11.5 Å². The third-order valence-corrected chi connectivity index (χ3v) is 5.66. The molecular weight excluding hydrogens is 370 g/mol. The van der Waals surface area contributed by atoms with Crippen molar-refractivity contribution in [2.45, 2.75) is 58.4 Å². The second-order valence-electron chi connectivity index (χ2n) is 7.53. The molecule has 0 spiro atoms. The third-order valence-electron chi connectivity index (χ3n) is 5.66. The molecule has 29 heavy (non-hydrogen) atoms. The third kappa shape index (κ3) is 5.49. The van der Waals surface area contributed by atoms with Crippen molar-refractivity contribution in [3.8, 4) is 22.9 Å². The van der Waals surface area contributed by atoms with Crippen molar-refractivity contribution in [3.63, 3.8) is 0 Å². The standard InChI is InChI=1S/C22H31N3O4/c1-4-25(21(26)13-10-16-8-6-5-7-9-16)15-20-23-22(24-29-20)17-11-12-18(27-2)19(14-17)28-3/h11-12,14,16H,4-10,13,15H2,1-3H3. The minimum absolute atomic E-state index is 0.156. The van der Waals surface area contributed by atoms with Crippen molar-refractivity contribution in [2.75, 3.05) is 20.8 Å². The summed E-state index contributed by atoms with van der Waals surface area (Å²) < 4.78 is 16.0. The molecule has 0 N–H and O–H groups in total. The van der Waals surface area contributed by atoms with Gasteiger partial charge in [-0.1, -0.05) is 37.3 Å². The first kappa shape index (κ1) is 21.1. The molecular formula is C22H31N3O4. The summed E-state index contributed by atoms with van der Waals surface area (Å²) in [5.74, 6) is 3.00. The molecule has 0 saturated heterocycles. The van der Waals surface area contributed by atoms with Gasteiger partial charge in [-0.05, 0) is 37.5 Å². The van der Waals surface area contributed by atoms with Crippen LogP contribution in [-0.2, 0) is 11.3 Å². The zero-order valence-corrected chi connectivity index (χ0v) is 17.6. The number of ether oxygens (including phenoxy) is 2. The van der Waals surface area contributed by atoms with E-state index in [1.54, 1.807) is 31.3 Å². The smallest absolute Gasteiger partial charge is 0.246 e. The molecule has 7 heteroatoms. The number of methoxy groups -OCH3 is 2. The molecule has 1 aromatic heterocycles. The molecule has 1 aliphatic rings. The number of rotatable bonds is 9. The summed E-state index contributed by atoms with van der Waals surface area (Å²) in [5.41, 5.74) is 0.768. The Bertz CT molecular complexity index is 799. The van der Waals surface area contributed by atoms with Gasteiger partial charge in [0.25, 0.3) is 0 Å². The van der Waals surface area contributed by atoms with E-state index in [0.29, 0.717) is 48.6 Å². The highest BCUT2D eigenvalue weighted by Crippen LogP contribution is 2.31. The second kappa shape index (κ2) is 10.3. The summed E-state index contributed by atoms with van der Waals surface area (Å²) in [6.07, 6.45) is 8.04. The Morgan fingerprint density at radius 3 is 2.62 bits per heavy atom. The highest BCUT2D eigenvalue weighted by molar-refractivity contribution is 5.76. The first-order valence-electron chi connectivity index (χ1n) is 10.5. The van der Waals surface area contributed by atoms with E-state index in [2.05, 4.69) is 10.1 Å². The van der Waals surface area contributed by atoms with Crippen molar-refractivity contribution in [1.29, 1.82) is 0 Å². The largest absolute Gasteiger partial charge is 0.493 e. The quantitative estimate of drug-likeness (QED) is 0.617. The summed E-state index contributed by atoms with van der Waals surface area (Å²) in [4.78, 5) is 18.9. The van der Waals surface area contributed by atoms with E-state index in [9.17, 15) is 4.79 Å². The normalized spacial score (nSPS) is 14.6. The topological polar surface area (TPSA) is 77.7 Å². The Balaban J connectivity index is 1.60. The maximum Gasteiger partial charge on any atom is 0.246 e. The van der Waals surface area contributed by atoms with Crippen LogP contribution in [0, 0.1) is 5.92 Å². The van der Waals surface area contributed by atoms with Gasteiger partial charge in [-0.15, -0.1) is 0 Å². The molecule has 1 amide bonds. The van der Waals surface area contributed by atoms with Crippen LogP contribution in [-0.4, -0.2) is 41.7 Å². The molecule has 2 aromatic rings. The van der Waals surface area contributed by atoms with Gasteiger partial charge in [-0.25, -0.2) is 0 Å². The number of hydrogen-bond acceptors (Lipinski definition) is 6. The number of aromatic nitrogens is 2. The highest BCUT2D eigenvalue weighted by Gasteiger charge is 2.20. The van der Waals surface area contributed by atoms with E-state index < -0.39 is 0 Å². The maximum atomic E-state index is 12.7. The molecule has 3 rings (SSSR count). The Morgan fingerprint density at radius 1 is 1.17 bits per heavy atom. The van der Waals surface area contributed by atoms with Crippen LogP contribution in [0.15, 0.2) is 22.7 Å². The van der Waals surface area contributed by atoms with Gasteiger partial charge in [-0.3, -0.25) is 4.79 Å². The molecule has 1 aliphatic carbocycles. The summed E-state index contributed by atoms with van der Waals surface area (Å²) in [5, 5.41) is 4.06. The number of nitrogens with zero attached hydrogens (tertiary/aromatic N) is 3. The Morgan fingerprint density at radius 2 is 1.93 bits per heavy atom. The van der Waals surface area contributed by atoms with Crippen molar-refractivity contribution >= 4 is 5.91 Å². The van der Waals surface area contributed by atoms with Crippen molar-refractivity contribution in [1.82, 2.24) is 15.0 Å². The van der Waals surface area contributed by atoms with Crippen LogP contribution in [0.3, 0.4) is 0 Å². The van der Waals surface area contributed by atoms with Crippen LogP contribution in [0.2, 0.25) is 0 Å². The summed E-state index contributed by atoms with van der Waals surface area (Å²) in [7, 11) is 3.18. The molecule has 1 heterocycles. The lowest BCUT2D eigenvalue weighted by molar-refractivity contribution is -0.132. The highest BCUT2D eigenvalue weighted by atomic mass is 16.5. The van der Waals surface area contributed by atoms with E-state index in [-0.39, 0.29) is 5.91 Å². The molecule has 0 radical (unpaired) electrons. The molecule has 1 saturated carbocycles. The number of carbonyl (C=O) groups excluding carboxylic acids is 1. The first-order valence-corrected chi connectivity index (χ1v) is 10.5. The Hall–Kier alpha value is -2.57. The summed E-state index contributed by atoms with van der Waals surface area (Å²) in [6, 6.07) is 5.46. The molecule has 0 atom stereocenters. The van der Waals surface area contributed by atoms with Gasteiger partial charge in [0.05, 0.1) is 20.8 Å². The summed E-state index contributed by atoms with van der Waals surface area (Å²) in [6.45, 7) is 2.93. The molecule has 1 aromatic carbocycles. The SMILES string of the molecule is CCN(Cc1nc(-c2ccc(OC)c(OC)c2)no1)C(=O)CCC1CCCCC1. The molecule has 0 unspecified atom stereocenters. The van der Waals surface area contributed by atoms with E-state index in [0.717, 1.165) is 12.0 Å². The number of benzene rings is 1. The van der Waals surface area contributed by atoms with Gasteiger partial charge < -0.3 is 18.9 Å². The zero-order chi connectivity index (χ0) is 20.6. The number of amides is 1. The molecule has 0 bridgehead atoms. The molecule has 0 aliphatic heterocycles. The fraction of sp³-hybridized carbons (Fsp3) is 0.591. The van der Waals surface area contributed by atoms with E-state index >= 15 is 0 Å². The van der Waals surface area contributed by atoms with Gasteiger partial charge in [0.15, 0.2) is 11.5 Å². The number of carbonyl (C=O) groups is 1. The Labute approximate surface area is 172 Å². The lowest BCUT2D eigenvalue weighted by Crippen LogP contribution is -2.30.